The summed E-state index contributed by atoms with van der Waals surface area (Å²) >= 11 is 0. The van der Waals surface area contributed by atoms with Gasteiger partial charge in [0, 0.05) is 38.4 Å². The van der Waals surface area contributed by atoms with E-state index in [1.165, 1.54) is 44.4 Å². The molecule has 1 aliphatic rings. The van der Waals surface area contributed by atoms with Gasteiger partial charge in [-0.05, 0) is 77.9 Å². The largest absolute Gasteiger partial charge is 0.297 e. The number of fused-ring (bicyclic) bond motifs is 5. The highest BCUT2D eigenvalue weighted by Gasteiger charge is 2.39. The third-order valence-corrected chi connectivity index (χ3v) is 13.0. The quantitative estimate of drug-likeness (QED) is 0.159. The van der Waals surface area contributed by atoms with Gasteiger partial charge in [0.15, 0.2) is 5.82 Å². The van der Waals surface area contributed by atoms with E-state index in [9.17, 15) is 0 Å². The molecule has 6 heteroatoms. The number of anilines is 4. The van der Waals surface area contributed by atoms with Crippen LogP contribution in [-0.4, -0.2) is 14.5 Å². The van der Waals surface area contributed by atoms with Crippen molar-refractivity contribution in [1.82, 2.24) is 14.5 Å². The van der Waals surface area contributed by atoms with Crippen LogP contribution in [0.1, 0.15) is 0 Å². The Morgan fingerprint density at radius 3 is 1.66 bits per heavy atom. The van der Waals surface area contributed by atoms with Crippen LogP contribution in [0, 0.1) is 0 Å². The van der Waals surface area contributed by atoms with Crippen LogP contribution in [0.5, 0.6) is 0 Å². The zero-order valence-electron chi connectivity index (χ0n) is 30.3. The Morgan fingerprint density at radius 2 is 0.929 bits per heavy atom. The second-order valence-electron chi connectivity index (χ2n) is 14.0. The molecule has 1 atom stereocenters. The summed E-state index contributed by atoms with van der Waals surface area (Å²) in [6.07, 6.45) is 0. The Labute approximate surface area is 326 Å². The molecule has 0 amide bonds. The van der Waals surface area contributed by atoms with E-state index in [2.05, 4.69) is 196 Å². The lowest BCUT2D eigenvalue weighted by Gasteiger charge is -2.32. The predicted octanol–water partition coefficient (Wildman–Crippen LogP) is 13.0. The molecule has 1 unspecified atom stereocenters. The van der Waals surface area contributed by atoms with Gasteiger partial charge in [-0.15, -0.1) is 0 Å². The minimum Gasteiger partial charge on any atom is -0.297 e. The number of para-hydroxylation sites is 4. The number of rotatable bonds is 6. The van der Waals surface area contributed by atoms with E-state index in [1.54, 1.807) is 0 Å². The van der Waals surface area contributed by atoms with E-state index in [0.717, 1.165) is 38.9 Å². The molecule has 56 heavy (non-hydrogen) atoms. The predicted molar refractivity (Wildman–Crippen MR) is 235 cm³/mol. The van der Waals surface area contributed by atoms with Crippen LogP contribution in [-0.2, 0) is 0 Å². The van der Waals surface area contributed by atoms with Crippen LogP contribution in [0.15, 0.2) is 206 Å². The molecule has 0 saturated heterocycles. The highest BCUT2D eigenvalue weighted by Crippen LogP contribution is 2.65. The molecule has 2 aromatic heterocycles. The first-order chi connectivity index (χ1) is 27.8. The van der Waals surface area contributed by atoms with Gasteiger partial charge in [0.1, 0.15) is 14.0 Å². The van der Waals surface area contributed by atoms with Crippen molar-refractivity contribution in [3.05, 3.63) is 206 Å². The molecule has 3 heterocycles. The topological polar surface area (TPSA) is 37.2 Å². The van der Waals surface area contributed by atoms with Gasteiger partial charge in [0.2, 0.25) is 0 Å². The summed E-state index contributed by atoms with van der Waals surface area (Å²) < 4.78 is 7.39. The lowest BCUT2D eigenvalue weighted by molar-refractivity contribution is 1.08. The first-order valence-electron chi connectivity index (χ1n) is 18.9. The monoisotopic (exact) mass is 735 g/mol. The van der Waals surface area contributed by atoms with E-state index in [1.807, 2.05) is 24.3 Å². The Hall–Kier alpha value is -7.07. The van der Waals surface area contributed by atoms with Crippen LogP contribution in [0.3, 0.4) is 0 Å². The SMILES string of the molecule is c1ccc(-c2nc(-n3c4ccccc4c4cc(-c5ccc6c(c5)N(c5ccccc5)P(c5ccccc5)N6c5ccccc5)ccc43)c3ccccc3n2)cc1. The summed E-state index contributed by atoms with van der Waals surface area (Å²) in [6, 6.07) is 73.6. The molecule has 11 rings (SSSR count). The average molecular weight is 736 g/mol. The van der Waals surface area contributed by atoms with Gasteiger partial charge in [-0.2, -0.15) is 0 Å². The van der Waals surface area contributed by atoms with Gasteiger partial charge >= 0.3 is 0 Å². The van der Waals surface area contributed by atoms with Crippen molar-refractivity contribution in [3.63, 3.8) is 0 Å². The molecule has 8 aromatic carbocycles. The van der Waals surface area contributed by atoms with Gasteiger partial charge in [-0.3, -0.25) is 13.9 Å². The lowest BCUT2D eigenvalue weighted by Crippen LogP contribution is -2.21. The van der Waals surface area contributed by atoms with Crippen molar-refractivity contribution in [3.8, 4) is 28.3 Å². The van der Waals surface area contributed by atoms with E-state index in [-0.39, 0.29) is 0 Å². The normalized spacial score (nSPS) is 13.8. The van der Waals surface area contributed by atoms with Crippen LogP contribution in [0.25, 0.3) is 61.0 Å². The third-order valence-electron chi connectivity index (χ3n) is 10.6. The number of aromatic nitrogens is 3. The average Bonchev–Trinajstić information content (AvgIpc) is 3.80. The zero-order valence-corrected chi connectivity index (χ0v) is 31.2. The first kappa shape index (κ1) is 32.4. The molecule has 0 bridgehead atoms. The fourth-order valence-electron chi connectivity index (χ4n) is 8.10. The Bertz CT molecular complexity index is 3040. The molecule has 0 spiro atoms. The fraction of sp³-hybridized carbons (Fsp3) is 0. The maximum atomic E-state index is 5.28. The molecular weight excluding hydrogens is 702 g/mol. The van der Waals surface area contributed by atoms with Crippen LogP contribution in [0.4, 0.5) is 22.7 Å². The van der Waals surface area contributed by atoms with Crippen molar-refractivity contribution in [2.24, 2.45) is 0 Å². The summed E-state index contributed by atoms with van der Waals surface area (Å²) in [7, 11) is -0.985. The maximum absolute atomic E-state index is 5.28. The van der Waals surface area contributed by atoms with Gasteiger partial charge in [0.25, 0.3) is 0 Å². The van der Waals surface area contributed by atoms with Crippen molar-refractivity contribution < 1.29 is 0 Å². The summed E-state index contributed by atoms with van der Waals surface area (Å²) in [5.41, 5.74) is 11.2. The number of nitrogens with zero attached hydrogens (tertiary/aromatic N) is 5. The molecule has 0 N–H and O–H groups in total. The molecule has 0 radical (unpaired) electrons. The highest BCUT2D eigenvalue weighted by atomic mass is 31.1. The van der Waals surface area contributed by atoms with E-state index in [4.69, 9.17) is 9.97 Å². The maximum Gasteiger partial charge on any atom is 0.162 e. The molecule has 0 saturated carbocycles. The summed E-state index contributed by atoms with van der Waals surface area (Å²) in [4.78, 5) is 10.3. The van der Waals surface area contributed by atoms with Crippen molar-refractivity contribution in [2.45, 2.75) is 0 Å². The van der Waals surface area contributed by atoms with Gasteiger partial charge in [-0.1, -0.05) is 140 Å². The smallest absolute Gasteiger partial charge is 0.162 e. The summed E-state index contributed by atoms with van der Waals surface area (Å²) in [5, 5.41) is 4.66. The number of hydrogen-bond acceptors (Lipinski definition) is 4. The third kappa shape index (κ3) is 5.28. The summed E-state index contributed by atoms with van der Waals surface area (Å²) in [6.45, 7) is 0. The molecule has 10 aromatic rings. The van der Waals surface area contributed by atoms with Gasteiger partial charge in [0.05, 0.1) is 27.9 Å². The molecule has 0 aliphatic carbocycles. The minimum atomic E-state index is -0.985. The molecular formula is C50H34N5P. The Balaban J connectivity index is 1.11. The van der Waals surface area contributed by atoms with Gasteiger partial charge < -0.3 is 0 Å². The molecule has 1 aliphatic heterocycles. The molecule has 264 valence electrons. The van der Waals surface area contributed by atoms with Crippen molar-refractivity contribution in [1.29, 1.82) is 0 Å². The molecule has 0 fully saturated rings. The van der Waals surface area contributed by atoms with E-state index in [0.29, 0.717) is 5.82 Å². The minimum absolute atomic E-state index is 0.711. The lowest BCUT2D eigenvalue weighted by atomic mass is 10.0. The second kappa shape index (κ2) is 13.3. The standard InChI is InChI=1S/C50H34N5P/c1-5-17-35(18-6-1)49-51-44-27-15-13-26-42(44)50(52-49)53-45-28-16-14-25-41(45)43-33-36(29-31-46(43)53)37-30-32-47-48(34-37)55(39-21-9-3-10-22-39)56(40-23-11-4-12-24-40)54(47)38-19-7-2-8-20-38/h1-34H. The molecule has 5 nitrogen and oxygen atoms in total. The van der Waals surface area contributed by atoms with Crippen molar-refractivity contribution >= 4 is 69.0 Å². The van der Waals surface area contributed by atoms with E-state index < -0.39 is 8.22 Å². The van der Waals surface area contributed by atoms with Crippen molar-refractivity contribution in [2.75, 3.05) is 9.34 Å². The highest BCUT2D eigenvalue weighted by molar-refractivity contribution is 7.70. The summed E-state index contributed by atoms with van der Waals surface area (Å²) in [5.74, 6) is 1.59. The zero-order chi connectivity index (χ0) is 37.0. The Kier molecular flexibility index (Phi) is 7.72. The fourth-order valence-corrected chi connectivity index (χ4v) is 10.6. The van der Waals surface area contributed by atoms with Gasteiger partial charge in [-0.25, -0.2) is 9.97 Å². The van der Waals surface area contributed by atoms with E-state index >= 15 is 0 Å². The second-order valence-corrected chi connectivity index (χ2v) is 15.9. The first-order valence-corrected chi connectivity index (χ1v) is 20.1. The van der Waals surface area contributed by atoms with Crippen LogP contribution < -0.4 is 14.6 Å². The number of hydrogen-bond donors (Lipinski definition) is 0. The van der Waals surface area contributed by atoms with Crippen LogP contribution >= 0.6 is 8.22 Å². The number of benzene rings is 8. The Morgan fingerprint density at radius 1 is 0.375 bits per heavy atom. The van der Waals surface area contributed by atoms with Crippen LogP contribution in [0.2, 0.25) is 0 Å².